The van der Waals surface area contributed by atoms with E-state index in [4.69, 9.17) is 0 Å². The number of nitrogens with one attached hydrogen (secondary N) is 1. The molecule has 1 heterocycles. The first-order valence-electron chi connectivity index (χ1n) is 8.51. The Morgan fingerprint density at radius 1 is 1.10 bits per heavy atom. The number of amides is 2. The fourth-order valence-corrected chi connectivity index (χ4v) is 3.54. The molecular formula is C19H14BrF5N2O2. The number of piperidine rings is 1. The molecule has 154 valence electrons. The Morgan fingerprint density at radius 2 is 1.83 bits per heavy atom. The summed E-state index contributed by atoms with van der Waals surface area (Å²) in [6.07, 6.45) is -3.91. The summed E-state index contributed by atoms with van der Waals surface area (Å²) in [5.74, 6) is -3.57. The molecule has 3 rings (SSSR count). The number of benzene rings is 2. The standard InChI is InChI=1S/C19H14BrF5N2O2/c20-12-7-10(6-11(8-12)19(23,24)25)17(28)26-16-2-1-5-27(18(16)29)13-3-4-14(21)15(22)9-13/h3-4,6-9,16H,1-2,5H2,(H,26,28). The zero-order valence-corrected chi connectivity index (χ0v) is 16.3. The van der Waals surface area contributed by atoms with Gasteiger partial charge >= 0.3 is 6.18 Å². The van der Waals surface area contributed by atoms with Crippen molar-refractivity contribution in [3.8, 4) is 0 Å². The second kappa shape index (κ2) is 8.10. The number of halogens is 6. The van der Waals surface area contributed by atoms with Gasteiger partial charge in [0.05, 0.1) is 5.56 Å². The maximum absolute atomic E-state index is 13.5. The number of anilines is 1. The summed E-state index contributed by atoms with van der Waals surface area (Å²) in [5.41, 5.74) is -1.13. The predicted molar refractivity (Wildman–Crippen MR) is 98.3 cm³/mol. The van der Waals surface area contributed by atoms with Crippen LogP contribution in [0.2, 0.25) is 0 Å². The highest BCUT2D eigenvalue weighted by molar-refractivity contribution is 9.10. The third-order valence-electron chi connectivity index (χ3n) is 4.45. The molecule has 1 saturated heterocycles. The summed E-state index contributed by atoms with van der Waals surface area (Å²) in [7, 11) is 0. The average molecular weight is 477 g/mol. The van der Waals surface area contributed by atoms with Gasteiger partial charge in [-0.2, -0.15) is 13.2 Å². The number of hydrogen-bond donors (Lipinski definition) is 1. The van der Waals surface area contributed by atoms with Crippen LogP contribution in [0.1, 0.15) is 28.8 Å². The van der Waals surface area contributed by atoms with Gasteiger partial charge in [-0.1, -0.05) is 15.9 Å². The van der Waals surface area contributed by atoms with E-state index in [0.717, 1.165) is 18.2 Å². The highest BCUT2D eigenvalue weighted by atomic mass is 79.9. The Balaban J connectivity index is 1.79. The Bertz CT molecular complexity index is 964. The lowest BCUT2D eigenvalue weighted by molar-refractivity contribution is -0.137. The molecule has 1 fully saturated rings. The third-order valence-corrected chi connectivity index (χ3v) is 4.90. The van der Waals surface area contributed by atoms with Gasteiger partial charge in [0.1, 0.15) is 6.04 Å². The molecule has 0 aliphatic carbocycles. The third kappa shape index (κ3) is 4.75. The van der Waals surface area contributed by atoms with Crippen molar-refractivity contribution < 1.29 is 31.5 Å². The van der Waals surface area contributed by atoms with Gasteiger partial charge in [0.2, 0.25) is 5.91 Å². The Morgan fingerprint density at radius 3 is 2.48 bits per heavy atom. The maximum Gasteiger partial charge on any atom is 0.416 e. The molecule has 0 spiro atoms. The van der Waals surface area contributed by atoms with Gasteiger partial charge in [-0.05, 0) is 43.2 Å². The Labute approximate surface area is 170 Å². The minimum atomic E-state index is -4.64. The van der Waals surface area contributed by atoms with Crippen LogP contribution in [-0.2, 0) is 11.0 Å². The van der Waals surface area contributed by atoms with Gasteiger partial charge in [-0.15, -0.1) is 0 Å². The van der Waals surface area contributed by atoms with Gasteiger partial charge in [0.25, 0.3) is 5.91 Å². The van der Waals surface area contributed by atoms with Crippen molar-refractivity contribution in [1.29, 1.82) is 0 Å². The van der Waals surface area contributed by atoms with Crippen LogP contribution in [0.15, 0.2) is 40.9 Å². The highest BCUT2D eigenvalue weighted by Gasteiger charge is 2.34. The lowest BCUT2D eigenvalue weighted by Crippen LogP contribution is -2.52. The lowest BCUT2D eigenvalue weighted by atomic mass is 10.0. The van der Waals surface area contributed by atoms with Gasteiger partial charge in [0.15, 0.2) is 11.6 Å². The van der Waals surface area contributed by atoms with Crippen molar-refractivity contribution in [2.24, 2.45) is 0 Å². The lowest BCUT2D eigenvalue weighted by Gasteiger charge is -2.32. The molecule has 0 bridgehead atoms. The van der Waals surface area contributed by atoms with Gasteiger partial charge in [-0.3, -0.25) is 9.59 Å². The topological polar surface area (TPSA) is 49.4 Å². The van der Waals surface area contributed by atoms with E-state index in [0.29, 0.717) is 12.5 Å². The summed E-state index contributed by atoms with van der Waals surface area (Å²) in [5, 5.41) is 2.43. The van der Waals surface area contributed by atoms with Crippen molar-refractivity contribution in [2.75, 3.05) is 11.4 Å². The smallest absolute Gasteiger partial charge is 0.340 e. The summed E-state index contributed by atoms with van der Waals surface area (Å²) in [6.45, 7) is 0.241. The maximum atomic E-state index is 13.5. The number of carbonyl (C=O) groups excluding carboxylic acids is 2. The number of hydrogen-bond acceptors (Lipinski definition) is 2. The summed E-state index contributed by atoms with van der Waals surface area (Å²) >= 11 is 2.94. The molecule has 29 heavy (non-hydrogen) atoms. The molecule has 1 unspecified atom stereocenters. The van der Waals surface area contributed by atoms with Crippen LogP contribution >= 0.6 is 15.9 Å². The molecule has 0 aromatic heterocycles. The summed E-state index contributed by atoms with van der Waals surface area (Å²) < 4.78 is 65.6. The minimum Gasteiger partial charge on any atom is -0.340 e. The molecule has 2 amide bonds. The highest BCUT2D eigenvalue weighted by Crippen LogP contribution is 2.32. The second-order valence-corrected chi connectivity index (χ2v) is 7.40. The first kappa shape index (κ1) is 21.2. The van der Waals surface area contributed by atoms with Crippen LogP contribution in [0.25, 0.3) is 0 Å². The molecule has 1 aliphatic rings. The number of rotatable bonds is 3. The first-order valence-corrected chi connectivity index (χ1v) is 9.30. The van der Waals surface area contributed by atoms with Crippen LogP contribution in [0.5, 0.6) is 0 Å². The van der Waals surface area contributed by atoms with Crippen molar-refractivity contribution in [3.05, 3.63) is 63.6 Å². The van der Waals surface area contributed by atoms with Crippen molar-refractivity contribution in [3.63, 3.8) is 0 Å². The monoisotopic (exact) mass is 476 g/mol. The Hall–Kier alpha value is -2.49. The largest absolute Gasteiger partial charge is 0.416 e. The van der Waals surface area contributed by atoms with Crippen molar-refractivity contribution in [1.82, 2.24) is 5.32 Å². The molecule has 1 N–H and O–H groups in total. The van der Waals surface area contributed by atoms with E-state index in [2.05, 4.69) is 21.2 Å². The number of alkyl halides is 3. The molecule has 4 nitrogen and oxygen atoms in total. The zero-order valence-electron chi connectivity index (χ0n) is 14.7. The van der Waals surface area contributed by atoms with Crippen LogP contribution < -0.4 is 10.2 Å². The SMILES string of the molecule is O=C(NC1CCCN(c2ccc(F)c(F)c2)C1=O)c1cc(Br)cc(C(F)(F)F)c1. The van der Waals surface area contributed by atoms with Crippen molar-refractivity contribution in [2.45, 2.75) is 25.1 Å². The fraction of sp³-hybridized carbons (Fsp3) is 0.263. The summed E-state index contributed by atoms with van der Waals surface area (Å²) in [6, 6.07) is 4.75. The molecule has 10 heteroatoms. The van der Waals surface area contributed by atoms with Gasteiger partial charge < -0.3 is 10.2 Å². The minimum absolute atomic E-state index is 0.0656. The quantitative estimate of drug-likeness (QED) is 0.654. The van der Waals surface area contributed by atoms with Crippen LogP contribution in [0, 0.1) is 11.6 Å². The summed E-state index contributed by atoms with van der Waals surface area (Å²) in [4.78, 5) is 26.3. The molecule has 1 aliphatic heterocycles. The van der Waals surface area contributed by atoms with E-state index in [1.54, 1.807) is 0 Å². The fourth-order valence-electron chi connectivity index (χ4n) is 3.04. The first-order chi connectivity index (χ1) is 13.6. The van der Waals surface area contributed by atoms with E-state index in [-0.39, 0.29) is 28.7 Å². The normalized spacial score (nSPS) is 17.4. The number of carbonyl (C=O) groups is 2. The second-order valence-electron chi connectivity index (χ2n) is 6.48. The molecule has 2 aromatic rings. The van der Waals surface area contributed by atoms with Gasteiger partial charge in [-0.25, -0.2) is 8.78 Å². The molecule has 0 saturated carbocycles. The molecule has 0 radical (unpaired) electrons. The van der Waals surface area contributed by atoms with E-state index in [1.165, 1.54) is 17.0 Å². The van der Waals surface area contributed by atoms with Crippen LogP contribution in [0.3, 0.4) is 0 Å². The van der Waals surface area contributed by atoms with E-state index < -0.39 is 41.2 Å². The zero-order chi connectivity index (χ0) is 21.3. The molecule has 1 atom stereocenters. The van der Waals surface area contributed by atoms with E-state index in [1.807, 2.05) is 0 Å². The number of nitrogens with zero attached hydrogens (tertiary/aromatic N) is 1. The Kier molecular flexibility index (Phi) is 5.92. The van der Waals surface area contributed by atoms with Crippen LogP contribution in [0.4, 0.5) is 27.6 Å². The van der Waals surface area contributed by atoms with Gasteiger partial charge in [0, 0.05) is 28.3 Å². The molecular weight excluding hydrogens is 463 g/mol. The van der Waals surface area contributed by atoms with Crippen molar-refractivity contribution >= 4 is 33.4 Å². The predicted octanol–water partition coefficient (Wildman–Crippen LogP) is 4.67. The average Bonchev–Trinajstić information content (AvgIpc) is 2.64. The molecule has 2 aromatic carbocycles. The van der Waals surface area contributed by atoms with Crippen LogP contribution in [-0.4, -0.2) is 24.4 Å². The van der Waals surface area contributed by atoms with E-state index in [9.17, 15) is 31.5 Å². The van der Waals surface area contributed by atoms with E-state index >= 15 is 0 Å².